The molecule has 1 N–H and O–H groups in total. The van der Waals surface area contributed by atoms with Crippen LogP contribution in [-0.2, 0) is 6.18 Å². The maximum atomic E-state index is 13.1. The first-order valence-electron chi connectivity index (χ1n) is 12.0. The van der Waals surface area contributed by atoms with Gasteiger partial charge in [0.1, 0.15) is 0 Å². The first-order valence-corrected chi connectivity index (χ1v) is 12.0. The van der Waals surface area contributed by atoms with Gasteiger partial charge >= 0.3 is 18.4 Å². The summed E-state index contributed by atoms with van der Waals surface area (Å²) in [6.07, 6.45) is -9.30. The van der Waals surface area contributed by atoms with E-state index in [9.17, 15) is 31.1 Å². The Hall–Kier alpha value is -4.50. The fourth-order valence-electron chi connectivity index (χ4n) is 3.92. The Labute approximate surface area is 229 Å². The molecule has 0 radical (unpaired) electrons. The lowest BCUT2D eigenvalue weighted by atomic mass is 10.1. The summed E-state index contributed by atoms with van der Waals surface area (Å²) in [5.74, 6) is 0.165. The minimum atomic E-state index is -4.68. The number of hydrogen-bond donors (Lipinski definition) is 1. The van der Waals surface area contributed by atoms with Crippen LogP contribution in [0.2, 0.25) is 0 Å². The number of piperazine rings is 1. The number of hydrogen-bond acceptors (Lipinski definition) is 9. The van der Waals surface area contributed by atoms with Crippen molar-refractivity contribution in [3.8, 4) is 17.5 Å². The molecular weight excluding hydrogens is 562 g/mol. The summed E-state index contributed by atoms with van der Waals surface area (Å²) in [5.41, 5.74) is -0.628. The van der Waals surface area contributed by atoms with Crippen molar-refractivity contribution in [2.24, 2.45) is 0 Å². The molecule has 41 heavy (non-hydrogen) atoms. The zero-order valence-corrected chi connectivity index (χ0v) is 21.7. The van der Waals surface area contributed by atoms with Crippen molar-refractivity contribution in [2.75, 3.05) is 57.2 Å². The highest BCUT2D eigenvalue weighted by atomic mass is 19.4. The number of benzene rings is 2. The second kappa shape index (κ2) is 11.9. The van der Waals surface area contributed by atoms with E-state index in [4.69, 9.17) is 14.2 Å². The van der Waals surface area contributed by atoms with E-state index in [2.05, 4.69) is 20.3 Å². The molecule has 0 unspecified atom stereocenters. The van der Waals surface area contributed by atoms with Crippen molar-refractivity contribution in [1.82, 2.24) is 19.9 Å². The number of ether oxygens (including phenoxy) is 3. The molecule has 16 heteroatoms. The maximum absolute atomic E-state index is 13.1. The first-order chi connectivity index (χ1) is 19.4. The molecule has 4 rings (SSSR count). The van der Waals surface area contributed by atoms with E-state index < -0.39 is 30.5 Å². The van der Waals surface area contributed by atoms with Crippen LogP contribution in [0.15, 0.2) is 42.5 Å². The number of nitrogens with one attached hydrogen (secondary N) is 1. The van der Waals surface area contributed by atoms with Crippen LogP contribution in [0.1, 0.15) is 15.9 Å². The van der Waals surface area contributed by atoms with Gasteiger partial charge in [0.2, 0.25) is 11.9 Å². The van der Waals surface area contributed by atoms with Gasteiger partial charge in [-0.15, -0.1) is 0 Å². The van der Waals surface area contributed by atoms with E-state index in [1.54, 1.807) is 28.0 Å². The number of amides is 1. The number of carbonyl (C=O) groups is 1. The number of halogens is 6. The Kier molecular flexibility index (Phi) is 8.58. The fraction of sp³-hybridized carbons (Fsp3) is 0.360. The number of nitrogens with zero attached hydrogens (tertiary/aromatic N) is 5. The average molecular weight is 586 g/mol. The highest BCUT2D eigenvalue weighted by Crippen LogP contribution is 2.32. The van der Waals surface area contributed by atoms with Gasteiger partial charge in [-0.2, -0.15) is 41.3 Å². The van der Waals surface area contributed by atoms with E-state index >= 15 is 0 Å². The van der Waals surface area contributed by atoms with Crippen LogP contribution >= 0.6 is 0 Å². The number of carbonyl (C=O) groups excluding carboxylic acids is 1. The van der Waals surface area contributed by atoms with E-state index in [0.717, 1.165) is 18.2 Å². The molecule has 10 nitrogen and oxygen atoms in total. The summed E-state index contributed by atoms with van der Waals surface area (Å²) in [6.45, 7) is -0.857. The van der Waals surface area contributed by atoms with E-state index in [1.165, 1.54) is 20.3 Å². The summed E-state index contributed by atoms with van der Waals surface area (Å²) >= 11 is 0. The summed E-state index contributed by atoms with van der Waals surface area (Å²) in [7, 11) is 2.92. The minimum Gasteiger partial charge on any atom is -0.493 e. The standard InChI is InChI=1S/C25H24F6N6O4/c1-39-18-7-6-15(12-19(18)40-2)20(38)36-8-10-37(11-9-36)22-33-21(34-23(35-22)41-14-24(26,27)28)32-17-5-3-4-16(13-17)25(29,30)31/h3-7,12-13H,8-11,14H2,1-2H3,(H,32,33,34,35). The lowest BCUT2D eigenvalue weighted by molar-refractivity contribution is -0.154. The van der Waals surface area contributed by atoms with E-state index in [0.29, 0.717) is 17.1 Å². The number of alkyl halides is 6. The molecule has 1 fully saturated rings. The molecule has 2 aromatic carbocycles. The van der Waals surface area contributed by atoms with Crippen LogP contribution in [0, 0.1) is 0 Å². The third-order valence-electron chi connectivity index (χ3n) is 5.89. The van der Waals surface area contributed by atoms with Gasteiger partial charge in [-0.1, -0.05) is 6.07 Å². The highest BCUT2D eigenvalue weighted by molar-refractivity contribution is 5.95. The van der Waals surface area contributed by atoms with Crippen LogP contribution in [0.3, 0.4) is 0 Å². The van der Waals surface area contributed by atoms with Gasteiger partial charge < -0.3 is 29.3 Å². The minimum absolute atomic E-state index is 0.0518. The van der Waals surface area contributed by atoms with Gasteiger partial charge in [-0.25, -0.2) is 0 Å². The predicted molar refractivity (Wildman–Crippen MR) is 134 cm³/mol. The third kappa shape index (κ3) is 7.58. The van der Waals surface area contributed by atoms with Crippen LogP contribution in [0.4, 0.5) is 43.9 Å². The Morgan fingerprint density at radius 2 is 1.61 bits per heavy atom. The normalized spacial score (nSPS) is 14.0. The monoisotopic (exact) mass is 586 g/mol. The van der Waals surface area contributed by atoms with Crippen molar-refractivity contribution < 1.29 is 45.3 Å². The molecule has 3 aromatic rings. The second-order valence-corrected chi connectivity index (χ2v) is 8.70. The fourth-order valence-corrected chi connectivity index (χ4v) is 3.92. The molecule has 0 spiro atoms. The lowest BCUT2D eigenvalue weighted by Gasteiger charge is -2.35. The van der Waals surface area contributed by atoms with Crippen LogP contribution in [0.5, 0.6) is 17.5 Å². The van der Waals surface area contributed by atoms with Crippen molar-refractivity contribution in [2.45, 2.75) is 12.4 Å². The Balaban J connectivity index is 1.52. The molecule has 1 aliphatic heterocycles. The molecular formula is C25H24F6N6O4. The van der Waals surface area contributed by atoms with Gasteiger partial charge in [-0.05, 0) is 36.4 Å². The van der Waals surface area contributed by atoms with Crippen molar-refractivity contribution >= 4 is 23.5 Å². The van der Waals surface area contributed by atoms with Crippen LogP contribution in [-0.4, -0.2) is 78.9 Å². The van der Waals surface area contributed by atoms with Crippen LogP contribution < -0.4 is 24.4 Å². The summed E-state index contributed by atoms with van der Waals surface area (Å²) in [4.78, 5) is 28.1. The van der Waals surface area contributed by atoms with E-state index in [1.807, 2.05) is 0 Å². The van der Waals surface area contributed by atoms with Crippen LogP contribution in [0.25, 0.3) is 0 Å². The molecule has 1 saturated heterocycles. The number of rotatable bonds is 8. The Morgan fingerprint density at radius 1 is 0.902 bits per heavy atom. The van der Waals surface area contributed by atoms with Gasteiger partial charge in [0.25, 0.3) is 5.91 Å². The smallest absolute Gasteiger partial charge is 0.422 e. The molecule has 0 bridgehead atoms. The third-order valence-corrected chi connectivity index (χ3v) is 5.89. The molecule has 2 heterocycles. The lowest BCUT2D eigenvalue weighted by Crippen LogP contribution is -2.49. The van der Waals surface area contributed by atoms with Gasteiger partial charge in [0.05, 0.1) is 19.8 Å². The molecule has 1 aromatic heterocycles. The van der Waals surface area contributed by atoms with Gasteiger partial charge in [0.15, 0.2) is 18.1 Å². The Bertz CT molecular complexity index is 1380. The molecule has 220 valence electrons. The number of methoxy groups -OCH3 is 2. The predicted octanol–water partition coefficient (Wildman–Crippen LogP) is 4.55. The Morgan fingerprint density at radius 3 is 2.24 bits per heavy atom. The quantitative estimate of drug-likeness (QED) is 0.381. The van der Waals surface area contributed by atoms with Crippen molar-refractivity contribution in [3.05, 3.63) is 53.6 Å². The SMILES string of the molecule is COc1ccc(C(=O)N2CCN(c3nc(Nc4cccc(C(F)(F)F)c4)nc(OCC(F)(F)F)n3)CC2)cc1OC. The summed E-state index contributed by atoms with van der Waals surface area (Å²) in [5, 5.41) is 2.57. The topological polar surface area (TPSA) is 102 Å². The highest BCUT2D eigenvalue weighted by Gasteiger charge is 2.31. The number of aromatic nitrogens is 3. The van der Waals surface area contributed by atoms with Crippen molar-refractivity contribution in [1.29, 1.82) is 0 Å². The second-order valence-electron chi connectivity index (χ2n) is 8.70. The van der Waals surface area contributed by atoms with E-state index in [-0.39, 0.29) is 49.7 Å². The van der Waals surface area contributed by atoms with Crippen molar-refractivity contribution in [3.63, 3.8) is 0 Å². The molecule has 0 aliphatic carbocycles. The summed E-state index contributed by atoms with van der Waals surface area (Å²) in [6, 6.07) is 8.21. The average Bonchev–Trinajstić information content (AvgIpc) is 2.94. The van der Waals surface area contributed by atoms with Gasteiger partial charge in [-0.3, -0.25) is 4.79 Å². The zero-order chi connectivity index (χ0) is 29.8. The molecule has 1 amide bonds. The first kappa shape index (κ1) is 29.5. The molecule has 0 saturated carbocycles. The zero-order valence-electron chi connectivity index (χ0n) is 21.7. The molecule has 1 aliphatic rings. The number of anilines is 3. The largest absolute Gasteiger partial charge is 0.493 e. The molecule has 0 atom stereocenters. The maximum Gasteiger partial charge on any atom is 0.422 e. The van der Waals surface area contributed by atoms with Gasteiger partial charge in [0, 0.05) is 37.4 Å². The summed E-state index contributed by atoms with van der Waals surface area (Å²) < 4.78 is 92.8.